The fraction of sp³-hybridized carbons (Fsp3) is 0.600. The highest BCUT2D eigenvalue weighted by atomic mass is 16.5. The van der Waals surface area contributed by atoms with Crippen LogP contribution >= 0.6 is 0 Å². The number of para-hydroxylation sites is 1. The highest BCUT2D eigenvalue weighted by Crippen LogP contribution is 2.33. The Morgan fingerprint density at radius 2 is 2.00 bits per heavy atom. The number of ether oxygens (including phenoxy) is 1. The first kappa shape index (κ1) is 13.4. The van der Waals surface area contributed by atoms with E-state index in [1.807, 2.05) is 31.3 Å². The van der Waals surface area contributed by atoms with Crippen molar-refractivity contribution >= 4 is 0 Å². The van der Waals surface area contributed by atoms with Crippen LogP contribution in [0.1, 0.15) is 31.2 Å². The highest BCUT2D eigenvalue weighted by molar-refractivity contribution is 5.34. The predicted octanol–water partition coefficient (Wildman–Crippen LogP) is 2.13. The number of hydrogen-bond donors (Lipinski definition) is 2. The number of aliphatic hydroxyl groups is 1. The van der Waals surface area contributed by atoms with E-state index in [9.17, 15) is 5.11 Å². The molecule has 1 saturated carbocycles. The van der Waals surface area contributed by atoms with Crippen molar-refractivity contribution in [1.29, 1.82) is 0 Å². The minimum atomic E-state index is -0.567. The van der Waals surface area contributed by atoms with Gasteiger partial charge in [0.25, 0.3) is 0 Å². The maximum atomic E-state index is 10.7. The minimum Gasteiger partial charge on any atom is -0.496 e. The van der Waals surface area contributed by atoms with Crippen molar-refractivity contribution in [2.75, 3.05) is 14.2 Å². The van der Waals surface area contributed by atoms with Gasteiger partial charge in [-0.05, 0) is 44.4 Å². The van der Waals surface area contributed by atoms with E-state index in [1.54, 1.807) is 7.11 Å². The molecule has 0 atom stereocenters. The van der Waals surface area contributed by atoms with Gasteiger partial charge in [0.2, 0.25) is 0 Å². The molecule has 100 valence electrons. The van der Waals surface area contributed by atoms with E-state index >= 15 is 0 Å². The Labute approximate surface area is 109 Å². The molecule has 1 fully saturated rings. The lowest BCUT2D eigenvalue weighted by atomic mass is 9.78. The molecule has 0 bridgehead atoms. The van der Waals surface area contributed by atoms with E-state index in [0.717, 1.165) is 37.0 Å². The molecule has 18 heavy (non-hydrogen) atoms. The molecule has 0 aromatic heterocycles. The molecule has 0 spiro atoms. The molecular formula is C15H23NO2. The molecule has 1 aromatic rings. The Kier molecular flexibility index (Phi) is 4.25. The van der Waals surface area contributed by atoms with Crippen molar-refractivity contribution < 1.29 is 9.84 Å². The normalized spacial score (nSPS) is 28.1. The van der Waals surface area contributed by atoms with Crippen molar-refractivity contribution in [3.05, 3.63) is 29.8 Å². The maximum Gasteiger partial charge on any atom is 0.122 e. The Bertz CT molecular complexity index is 384. The molecule has 2 rings (SSSR count). The van der Waals surface area contributed by atoms with Gasteiger partial charge in [-0.1, -0.05) is 18.2 Å². The molecule has 0 saturated heterocycles. The van der Waals surface area contributed by atoms with Crippen LogP contribution < -0.4 is 10.1 Å². The van der Waals surface area contributed by atoms with Crippen molar-refractivity contribution in [3.63, 3.8) is 0 Å². The van der Waals surface area contributed by atoms with Gasteiger partial charge >= 0.3 is 0 Å². The van der Waals surface area contributed by atoms with Crippen LogP contribution in [0.25, 0.3) is 0 Å². The topological polar surface area (TPSA) is 41.5 Å². The lowest BCUT2D eigenvalue weighted by Gasteiger charge is -2.36. The lowest BCUT2D eigenvalue weighted by molar-refractivity contribution is -0.00284. The first-order chi connectivity index (χ1) is 8.67. The van der Waals surface area contributed by atoms with Gasteiger partial charge in [0.05, 0.1) is 12.7 Å². The van der Waals surface area contributed by atoms with Gasteiger partial charge < -0.3 is 15.2 Å². The number of hydrogen-bond acceptors (Lipinski definition) is 3. The van der Waals surface area contributed by atoms with Gasteiger partial charge in [-0.15, -0.1) is 0 Å². The maximum absolute atomic E-state index is 10.7. The monoisotopic (exact) mass is 249 g/mol. The second kappa shape index (κ2) is 5.72. The van der Waals surface area contributed by atoms with Crippen LogP contribution in [0.5, 0.6) is 5.75 Å². The van der Waals surface area contributed by atoms with Gasteiger partial charge in [-0.25, -0.2) is 0 Å². The van der Waals surface area contributed by atoms with Crippen molar-refractivity contribution in [2.45, 2.75) is 43.7 Å². The zero-order chi connectivity index (χ0) is 13.0. The van der Waals surface area contributed by atoms with Crippen molar-refractivity contribution in [2.24, 2.45) is 0 Å². The second-order valence-corrected chi connectivity index (χ2v) is 5.28. The number of benzene rings is 1. The Balaban J connectivity index is 2.04. The third-order valence-corrected chi connectivity index (χ3v) is 4.04. The SMILES string of the molecule is CNC1CCC(O)(Cc2ccccc2OC)CC1. The van der Waals surface area contributed by atoms with Crippen LogP contribution in [0.15, 0.2) is 24.3 Å². The van der Waals surface area contributed by atoms with Gasteiger partial charge in [0.1, 0.15) is 5.75 Å². The standard InChI is InChI=1S/C15H23NO2/c1-16-13-7-9-15(17,10-8-13)11-12-5-3-4-6-14(12)18-2/h3-6,13,16-17H,7-11H2,1-2H3. The van der Waals surface area contributed by atoms with Crippen molar-refractivity contribution in [1.82, 2.24) is 5.32 Å². The highest BCUT2D eigenvalue weighted by Gasteiger charge is 2.33. The summed E-state index contributed by atoms with van der Waals surface area (Å²) in [6, 6.07) is 8.52. The molecule has 1 aliphatic carbocycles. The molecule has 0 unspecified atom stereocenters. The fourth-order valence-electron chi connectivity index (χ4n) is 2.82. The number of rotatable bonds is 4. The van der Waals surface area contributed by atoms with Crippen LogP contribution in [0, 0.1) is 0 Å². The Morgan fingerprint density at radius 1 is 1.33 bits per heavy atom. The first-order valence-corrected chi connectivity index (χ1v) is 6.68. The van der Waals surface area contributed by atoms with Crippen molar-refractivity contribution in [3.8, 4) is 5.75 Å². The van der Waals surface area contributed by atoms with Gasteiger partial charge in [0.15, 0.2) is 0 Å². The molecule has 0 radical (unpaired) electrons. The summed E-state index contributed by atoms with van der Waals surface area (Å²) in [5.41, 5.74) is 0.535. The Hall–Kier alpha value is -1.06. The quantitative estimate of drug-likeness (QED) is 0.859. The summed E-state index contributed by atoms with van der Waals surface area (Å²) in [7, 11) is 3.68. The van der Waals surface area contributed by atoms with Crippen LogP contribution in [-0.4, -0.2) is 30.9 Å². The molecule has 3 heteroatoms. The molecule has 1 aromatic carbocycles. The van der Waals surface area contributed by atoms with Crippen LogP contribution in [0.2, 0.25) is 0 Å². The van der Waals surface area contributed by atoms with E-state index in [2.05, 4.69) is 5.32 Å². The summed E-state index contributed by atoms with van der Waals surface area (Å²) >= 11 is 0. The van der Waals surface area contributed by atoms with E-state index in [1.165, 1.54) is 0 Å². The molecule has 3 nitrogen and oxygen atoms in total. The predicted molar refractivity (Wildman–Crippen MR) is 73.0 cm³/mol. The summed E-state index contributed by atoms with van der Waals surface area (Å²) in [6.07, 6.45) is 4.49. The van der Waals surface area contributed by atoms with Gasteiger partial charge in [-0.3, -0.25) is 0 Å². The van der Waals surface area contributed by atoms with Gasteiger partial charge in [0, 0.05) is 12.5 Å². The largest absolute Gasteiger partial charge is 0.496 e. The lowest BCUT2D eigenvalue weighted by Crippen LogP contribution is -2.41. The average Bonchev–Trinajstić information content (AvgIpc) is 2.40. The third kappa shape index (κ3) is 3.03. The van der Waals surface area contributed by atoms with E-state index < -0.39 is 5.60 Å². The van der Waals surface area contributed by atoms with E-state index in [-0.39, 0.29) is 0 Å². The summed E-state index contributed by atoms with van der Waals surface area (Å²) in [6.45, 7) is 0. The summed E-state index contributed by atoms with van der Waals surface area (Å²) < 4.78 is 5.35. The zero-order valence-electron chi connectivity index (χ0n) is 11.3. The van der Waals surface area contributed by atoms with Crippen LogP contribution in [0.3, 0.4) is 0 Å². The molecule has 2 N–H and O–H groups in total. The molecule has 0 amide bonds. The summed E-state index contributed by atoms with van der Waals surface area (Å²) in [5, 5.41) is 14.0. The fourth-order valence-corrected chi connectivity index (χ4v) is 2.82. The van der Waals surface area contributed by atoms with E-state index in [0.29, 0.717) is 12.5 Å². The van der Waals surface area contributed by atoms with E-state index in [4.69, 9.17) is 4.74 Å². The zero-order valence-corrected chi connectivity index (χ0v) is 11.3. The Morgan fingerprint density at radius 3 is 2.61 bits per heavy atom. The summed E-state index contributed by atoms with van der Waals surface area (Å²) in [4.78, 5) is 0. The number of methoxy groups -OCH3 is 1. The third-order valence-electron chi connectivity index (χ3n) is 4.04. The first-order valence-electron chi connectivity index (χ1n) is 6.68. The summed E-state index contributed by atoms with van der Waals surface area (Å²) in [5.74, 6) is 0.877. The molecular weight excluding hydrogens is 226 g/mol. The molecule has 0 heterocycles. The average molecular weight is 249 g/mol. The molecule has 0 aliphatic heterocycles. The minimum absolute atomic E-state index is 0.558. The van der Waals surface area contributed by atoms with Crippen LogP contribution in [-0.2, 0) is 6.42 Å². The number of nitrogens with one attached hydrogen (secondary N) is 1. The molecule has 1 aliphatic rings. The second-order valence-electron chi connectivity index (χ2n) is 5.28. The van der Waals surface area contributed by atoms with Crippen LogP contribution in [0.4, 0.5) is 0 Å². The van der Waals surface area contributed by atoms with Gasteiger partial charge in [-0.2, -0.15) is 0 Å². The smallest absolute Gasteiger partial charge is 0.122 e.